The number of rotatable bonds is 4. The monoisotopic (exact) mass is 291 g/mol. The van der Waals surface area contributed by atoms with Crippen LogP contribution in [0.3, 0.4) is 0 Å². The molecule has 2 unspecified atom stereocenters. The van der Waals surface area contributed by atoms with Gasteiger partial charge in [-0.15, -0.1) is 0 Å². The number of ether oxygens (including phenoxy) is 3. The topological polar surface area (TPSA) is 92.6 Å². The van der Waals surface area contributed by atoms with Crippen molar-refractivity contribution < 1.29 is 18.7 Å². The van der Waals surface area contributed by atoms with Crippen LogP contribution in [0, 0.1) is 0 Å². The van der Waals surface area contributed by atoms with Gasteiger partial charge in [-0.25, -0.2) is 0 Å². The second-order valence-electron chi connectivity index (χ2n) is 4.87. The Hall–Kier alpha value is -2.12. The molecule has 3 rings (SSSR count). The van der Waals surface area contributed by atoms with Crippen molar-refractivity contribution in [1.82, 2.24) is 10.1 Å². The van der Waals surface area contributed by atoms with E-state index in [0.29, 0.717) is 36.4 Å². The largest absolute Gasteiger partial charge is 0.497 e. The van der Waals surface area contributed by atoms with E-state index in [1.807, 2.05) is 12.1 Å². The lowest BCUT2D eigenvalue weighted by Crippen LogP contribution is -2.26. The molecule has 2 N–H and O–H groups in total. The maximum absolute atomic E-state index is 5.96. The van der Waals surface area contributed by atoms with Crippen molar-refractivity contribution >= 4 is 0 Å². The summed E-state index contributed by atoms with van der Waals surface area (Å²) in [5.41, 5.74) is 6.72. The molecule has 7 nitrogen and oxygen atoms in total. The Morgan fingerprint density at radius 1 is 1.14 bits per heavy atom. The standard InChI is InChI=1S/C14H17N3O4/c1-18-9-3-8(4-10(5-9)19-2)13-16-14(21-17-13)11-6-20-7-12(11)15/h3-5,11-12H,6-7,15H2,1-2H3. The van der Waals surface area contributed by atoms with Gasteiger partial charge in [0.1, 0.15) is 11.5 Å². The maximum atomic E-state index is 5.96. The Kier molecular flexibility index (Phi) is 3.76. The number of methoxy groups -OCH3 is 2. The zero-order valence-electron chi connectivity index (χ0n) is 11.9. The highest BCUT2D eigenvalue weighted by atomic mass is 16.5. The van der Waals surface area contributed by atoms with Gasteiger partial charge in [0.05, 0.1) is 33.4 Å². The zero-order valence-corrected chi connectivity index (χ0v) is 11.9. The Labute approximate surface area is 122 Å². The number of nitrogens with zero attached hydrogens (tertiary/aromatic N) is 2. The van der Waals surface area contributed by atoms with E-state index in [2.05, 4.69) is 10.1 Å². The van der Waals surface area contributed by atoms with Crippen LogP contribution in [0.4, 0.5) is 0 Å². The summed E-state index contributed by atoms with van der Waals surface area (Å²) < 4.78 is 21.1. The Morgan fingerprint density at radius 2 is 1.86 bits per heavy atom. The Bertz CT molecular complexity index is 606. The van der Waals surface area contributed by atoms with Gasteiger partial charge in [0.2, 0.25) is 11.7 Å². The van der Waals surface area contributed by atoms with E-state index < -0.39 is 0 Å². The SMILES string of the molecule is COc1cc(OC)cc(-c2noc(C3COCC3N)n2)c1. The van der Waals surface area contributed by atoms with Crippen LogP contribution < -0.4 is 15.2 Å². The minimum absolute atomic E-state index is 0.0567. The molecule has 0 radical (unpaired) electrons. The quantitative estimate of drug-likeness (QED) is 0.904. The second-order valence-corrected chi connectivity index (χ2v) is 4.87. The first kappa shape index (κ1) is 13.8. The van der Waals surface area contributed by atoms with Gasteiger partial charge < -0.3 is 24.5 Å². The predicted octanol–water partition coefficient (Wildman–Crippen LogP) is 1.19. The van der Waals surface area contributed by atoms with Gasteiger partial charge >= 0.3 is 0 Å². The molecule has 1 saturated heterocycles. The van der Waals surface area contributed by atoms with Crippen LogP contribution >= 0.6 is 0 Å². The molecule has 1 fully saturated rings. The van der Waals surface area contributed by atoms with Gasteiger partial charge in [-0.3, -0.25) is 0 Å². The van der Waals surface area contributed by atoms with Crippen molar-refractivity contribution in [2.75, 3.05) is 27.4 Å². The Balaban J connectivity index is 1.92. The molecule has 0 amide bonds. The van der Waals surface area contributed by atoms with Crippen LogP contribution in [-0.2, 0) is 4.74 Å². The number of aromatic nitrogens is 2. The lowest BCUT2D eigenvalue weighted by atomic mass is 10.1. The minimum atomic E-state index is -0.113. The fourth-order valence-electron chi connectivity index (χ4n) is 2.26. The Morgan fingerprint density at radius 3 is 2.43 bits per heavy atom. The normalized spacial score (nSPS) is 21.5. The van der Waals surface area contributed by atoms with Crippen LogP contribution in [0.25, 0.3) is 11.4 Å². The van der Waals surface area contributed by atoms with Crippen LogP contribution in [0.15, 0.2) is 22.7 Å². The van der Waals surface area contributed by atoms with Gasteiger partial charge in [-0.2, -0.15) is 4.98 Å². The van der Waals surface area contributed by atoms with Crippen LogP contribution in [0.2, 0.25) is 0 Å². The van der Waals surface area contributed by atoms with Gasteiger partial charge in [0.25, 0.3) is 0 Å². The highest BCUT2D eigenvalue weighted by Gasteiger charge is 2.31. The molecule has 0 aliphatic carbocycles. The summed E-state index contributed by atoms with van der Waals surface area (Å²) in [7, 11) is 3.18. The molecular weight excluding hydrogens is 274 g/mol. The molecule has 2 atom stereocenters. The first-order valence-electron chi connectivity index (χ1n) is 6.61. The summed E-state index contributed by atoms with van der Waals surface area (Å²) in [4.78, 5) is 4.41. The number of hydrogen-bond donors (Lipinski definition) is 1. The molecular formula is C14H17N3O4. The van der Waals surface area contributed by atoms with Crippen molar-refractivity contribution in [3.05, 3.63) is 24.1 Å². The van der Waals surface area contributed by atoms with Crippen LogP contribution in [-0.4, -0.2) is 43.6 Å². The van der Waals surface area contributed by atoms with E-state index in [4.69, 9.17) is 24.5 Å². The van der Waals surface area contributed by atoms with Crippen molar-refractivity contribution in [3.63, 3.8) is 0 Å². The first-order valence-corrected chi connectivity index (χ1v) is 6.61. The predicted molar refractivity (Wildman–Crippen MR) is 74.4 cm³/mol. The van der Waals surface area contributed by atoms with Crippen molar-refractivity contribution in [2.24, 2.45) is 5.73 Å². The molecule has 0 saturated carbocycles. The number of nitrogens with two attached hydrogens (primary N) is 1. The first-order chi connectivity index (χ1) is 10.2. The molecule has 1 aliphatic heterocycles. The van der Waals surface area contributed by atoms with Crippen molar-refractivity contribution in [2.45, 2.75) is 12.0 Å². The van der Waals surface area contributed by atoms with E-state index in [1.54, 1.807) is 20.3 Å². The molecule has 1 aromatic heterocycles. The fraction of sp³-hybridized carbons (Fsp3) is 0.429. The highest BCUT2D eigenvalue weighted by Crippen LogP contribution is 2.30. The maximum Gasteiger partial charge on any atom is 0.234 e. The zero-order chi connectivity index (χ0) is 14.8. The third-order valence-corrected chi connectivity index (χ3v) is 3.49. The third kappa shape index (κ3) is 2.70. The summed E-state index contributed by atoms with van der Waals surface area (Å²) in [5, 5.41) is 4.01. The van der Waals surface area contributed by atoms with Gasteiger partial charge in [-0.1, -0.05) is 5.16 Å². The molecule has 1 aromatic carbocycles. The lowest BCUT2D eigenvalue weighted by Gasteiger charge is -2.07. The number of hydrogen-bond acceptors (Lipinski definition) is 7. The van der Waals surface area contributed by atoms with Crippen LogP contribution in [0.1, 0.15) is 11.8 Å². The van der Waals surface area contributed by atoms with E-state index >= 15 is 0 Å². The molecule has 7 heteroatoms. The molecule has 1 aliphatic rings. The summed E-state index contributed by atoms with van der Waals surface area (Å²) in [6.07, 6.45) is 0. The summed E-state index contributed by atoms with van der Waals surface area (Å²) in [5.74, 6) is 2.24. The lowest BCUT2D eigenvalue weighted by molar-refractivity contribution is 0.187. The van der Waals surface area contributed by atoms with Crippen molar-refractivity contribution in [3.8, 4) is 22.9 Å². The molecule has 21 heavy (non-hydrogen) atoms. The van der Waals surface area contributed by atoms with Crippen LogP contribution in [0.5, 0.6) is 11.5 Å². The smallest absolute Gasteiger partial charge is 0.234 e. The molecule has 2 heterocycles. The minimum Gasteiger partial charge on any atom is -0.497 e. The van der Waals surface area contributed by atoms with Crippen molar-refractivity contribution in [1.29, 1.82) is 0 Å². The van der Waals surface area contributed by atoms with E-state index in [-0.39, 0.29) is 12.0 Å². The molecule has 112 valence electrons. The van der Waals surface area contributed by atoms with E-state index in [0.717, 1.165) is 5.56 Å². The molecule has 2 aromatic rings. The summed E-state index contributed by atoms with van der Waals surface area (Å²) in [6, 6.07) is 5.31. The summed E-state index contributed by atoms with van der Waals surface area (Å²) in [6.45, 7) is 1.01. The highest BCUT2D eigenvalue weighted by molar-refractivity contribution is 5.60. The van der Waals surface area contributed by atoms with Gasteiger partial charge in [-0.05, 0) is 12.1 Å². The van der Waals surface area contributed by atoms with E-state index in [1.165, 1.54) is 0 Å². The van der Waals surface area contributed by atoms with E-state index in [9.17, 15) is 0 Å². The average molecular weight is 291 g/mol. The molecule has 0 bridgehead atoms. The van der Waals surface area contributed by atoms with Gasteiger partial charge in [0, 0.05) is 17.7 Å². The van der Waals surface area contributed by atoms with Gasteiger partial charge in [0.15, 0.2) is 0 Å². The average Bonchev–Trinajstić information content (AvgIpc) is 3.15. The third-order valence-electron chi connectivity index (χ3n) is 3.49. The molecule has 0 spiro atoms. The second kappa shape index (κ2) is 5.71. The fourth-order valence-corrected chi connectivity index (χ4v) is 2.26. The summed E-state index contributed by atoms with van der Waals surface area (Å²) >= 11 is 0. The number of benzene rings is 1.